The van der Waals surface area contributed by atoms with Gasteiger partial charge in [-0.1, -0.05) is 81.9 Å². The Morgan fingerprint density at radius 2 is 1.35 bits per heavy atom. The largest absolute Gasteiger partial charge is 0.469 e. The lowest BCUT2D eigenvalue weighted by Crippen LogP contribution is -2.19. The highest BCUT2D eigenvalue weighted by Gasteiger charge is 2.24. The van der Waals surface area contributed by atoms with Crippen LogP contribution in [-0.4, -0.2) is 26.2 Å². The molecule has 1 unspecified atom stereocenters. The van der Waals surface area contributed by atoms with Crippen LogP contribution in [0.5, 0.6) is 0 Å². The monoisotopic (exact) mass is 358 g/mol. The topological polar surface area (TPSA) is 52.6 Å². The summed E-state index contributed by atoms with van der Waals surface area (Å²) in [7, 11) is 2.83. The Bertz CT molecular complexity index is 636. The molecule has 0 N–H and O–H groups in total. The molecule has 0 aliphatic rings. The second kappa shape index (κ2) is 12.7. The Balaban J connectivity index is 0.000000475. The van der Waals surface area contributed by atoms with Gasteiger partial charge < -0.3 is 9.47 Å². The summed E-state index contributed by atoms with van der Waals surface area (Å²) in [6.45, 7) is 4.04. The fraction of sp³-hybridized carbons (Fsp3) is 0.364. The molecule has 0 saturated carbocycles. The average molecular weight is 358 g/mol. The van der Waals surface area contributed by atoms with E-state index >= 15 is 0 Å². The van der Waals surface area contributed by atoms with E-state index in [0.29, 0.717) is 6.42 Å². The van der Waals surface area contributed by atoms with Crippen molar-refractivity contribution in [3.63, 3.8) is 0 Å². The van der Waals surface area contributed by atoms with Crippen molar-refractivity contribution in [1.29, 1.82) is 0 Å². The number of carbonyl (C=O) groups excluding carboxylic acids is 2. The molecule has 2 rings (SSSR count). The van der Waals surface area contributed by atoms with E-state index in [1.54, 1.807) is 0 Å². The van der Waals surface area contributed by atoms with Crippen molar-refractivity contribution in [2.45, 2.75) is 33.6 Å². The summed E-state index contributed by atoms with van der Waals surface area (Å²) in [5.41, 5.74) is 2.01. The van der Waals surface area contributed by atoms with Crippen LogP contribution in [0, 0.1) is 5.92 Å². The third kappa shape index (κ3) is 7.97. The van der Waals surface area contributed by atoms with Crippen molar-refractivity contribution in [3.8, 4) is 0 Å². The minimum Gasteiger partial charge on any atom is -0.469 e. The number of carbonyl (C=O) groups is 2. The summed E-state index contributed by atoms with van der Waals surface area (Å²) in [6, 6.07) is 19.3. The fourth-order valence-electron chi connectivity index (χ4n) is 2.42. The van der Waals surface area contributed by atoms with Crippen LogP contribution in [-0.2, 0) is 25.5 Å². The van der Waals surface area contributed by atoms with Crippen molar-refractivity contribution < 1.29 is 19.1 Å². The SMILES string of the molecule is C.COC(=O)C(c1ccccc1)C(C)C.COC(=O)Cc1ccccc1. The summed E-state index contributed by atoms with van der Waals surface area (Å²) in [4.78, 5) is 22.3. The zero-order chi connectivity index (χ0) is 18.7. The predicted octanol–water partition coefficient (Wildman–Crippen LogP) is 4.64. The molecule has 1 atom stereocenters. The first-order chi connectivity index (χ1) is 12.0. The quantitative estimate of drug-likeness (QED) is 0.731. The first-order valence-corrected chi connectivity index (χ1v) is 8.23. The van der Waals surface area contributed by atoms with Gasteiger partial charge in [0.15, 0.2) is 0 Å². The van der Waals surface area contributed by atoms with E-state index in [-0.39, 0.29) is 31.2 Å². The van der Waals surface area contributed by atoms with Crippen molar-refractivity contribution >= 4 is 11.9 Å². The van der Waals surface area contributed by atoms with Gasteiger partial charge in [-0.05, 0) is 17.0 Å². The molecule has 4 nitrogen and oxygen atoms in total. The normalized spacial score (nSPS) is 10.7. The number of methoxy groups -OCH3 is 2. The average Bonchev–Trinajstić information content (AvgIpc) is 2.63. The molecule has 0 saturated heterocycles. The number of ether oxygens (including phenoxy) is 2. The number of hydrogen-bond donors (Lipinski definition) is 0. The molecule has 4 heteroatoms. The van der Waals surface area contributed by atoms with Crippen LogP contribution in [0.25, 0.3) is 0 Å². The lowest BCUT2D eigenvalue weighted by molar-refractivity contribution is -0.143. The highest BCUT2D eigenvalue weighted by molar-refractivity contribution is 5.78. The van der Waals surface area contributed by atoms with E-state index in [9.17, 15) is 9.59 Å². The second-order valence-corrected chi connectivity index (χ2v) is 5.89. The van der Waals surface area contributed by atoms with E-state index in [4.69, 9.17) is 4.74 Å². The van der Waals surface area contributed by atoms with E-state index in [0.717, 1.165) is 11.1 Å². The maximum Gasteiger partial charge on any atom is 0.313 e. The maximum absolute atomic E-state index is 11.5. The third-order valence-corrected chi connectivity index (χ3v) is 3.70. The molecule has 0 heterocycles. The van der Waals surface area contributed by atoms with Crippen LogP contribution in [0.1, 0.15) is 38.3 Å². The van der Waals surface area contributed by atoms with Crippen molar-refractivity contribution in [2.75, 3.05) is 14.2 Å². The zero-order valence-electron chi connectivity index (χ0n) is 15.3. The third-order valence-electron chi connectivity index (χ3n) is 3.70. The van der Waals surface area contributed by atoms with E-state index in [1.807, 2.05) is 74.5 Å². The molecule has 0 bridgehead atoms. The molecule has 0 aromatic heterocycles. The molecule has 2 aromatic rings. The van der Waals surface area contributed by atoms with Gasteiger partial charge in [-0.2, -0.15) is 0 Å². The van der Waals surface area contributed by atoms with Crippen LogP contribution in [0.15, 0.2) is 60.7 Å². The summed E-state index contributed by atoms with van der Waals surface area (Å²) in [6.07, 6.45) is 0.358. The van der Waals surface area contributed by atoms with Crippen molar-refractivity contribution in [1.82, 2.24) is 0 Å². The molecule has 0 radical (unpaired) electrons. The summed E-state index contributed by atoms with van der Waals surface area (Å²) in [5.74, 6) is -0.256. The maximum atomic E-state index is 11.5. The van der Waals surface area contributed by atoms with Gasteiger partial charge in [0, 0.05) is 0 Å². The van der Waals surface area contributed by atoms with E-state index in [2.05, 4.69) is 4.74 Å². The molecule has 142 valence electrons. The minimum atomic E-state index is -0.198. The number of esters is 2. The first-order valence-electron chi connectivity index (χ1n) is 8.23. The molecule has 0 fully saturated rings. The smallest absolute Gasteiger partial charge is 0.313 e. The number of rotatable bonds is 5. The highest BCUT2D eigenvalue weighted by Crippen LogP contribution is 2.25. The Kier molecular flexibility index (Phi) is 11.4. The Morgan fingerprint density at radius 1 is 0.846 bits per heavy atom. The summed E-state index contributed by atoms with van der Waals surface area (Å²) >= 11 is 0. The Labute approximate surface area is 157 Å². The van der Waals surface area contributed by atoms with Gasteiger partial charge in [0.1, 0.15) is 0 Å². The molecular formula is C22H30O4. The van der Waals surface area contributed by atoms with Crippen LogP contribution in [0.3, 0.4) is 0 Å². The molecule has 2 aromatic carbocycles. The van der Waals surface area contributed by atoms with Crippen molar-refractivity contribution in [3.05, 3.63) is 71.8 Å². The summed E-state index contributed by atoms with van der Waals surface area (Å²) < 4.78 is 9.30. The molecule has 0 aliphatic heterocycles. The summed E-state index contributed by atoms with van der Waals surface area (Å²) in [5, 5.41) is 0. The standard InChI is InChI=1S/C12H16O2.C9H10O2.CH4/c1-9(2)11(12(13)14-3)10-7-5-4-6-8-10;1-11-9(10)7-8-5-3-2-4-6-8;/h4-9,11H,1-3H3;2-6H,7H2,1H3;1H4. The van der Waals surface area contributed by atoms with Crippen LogP contribution in [0.4, 0.5) is 0 Å². The minimum absolute atomic E-state index is 0. The number of benzene rings is 2. The van der Waals surface area contributed by atoms with Gasteiger partial charge in [0.05, 0.1) is 26.6 Å². The van der Waals surface area contributed by atoms with Gasteiger partial charge in [0.2, 0.25) is 0 Å². The van der Waals surface area contributed by atoms with Crippen molar-refractivity contribution in [2.24, 2.45) is 5.92 Å². The zero-order valence-corrected chi connectivity index (χ0v) is 15.3. The van der Waals surface area contributed by atoms with Gasteiger partial charge in [-0.3, -0.25) is 9.59 Å². The van der Waals surface area contributed by atoms with Gasteiger partial charge in [-0.25, -0.2) is 0 Å². The highest BCUT2D eigenvalue weighted by atomic mass is 16.5. The lowest BCUT2D eigenvalue weighted by atomic mass is 9.89. The van der Waals surface area contributed by atoms with E-state index in [1.165, 1.54) is 14.2 Å². The van der Waals surface area contributed by atoms with Gasteiger partial charge in [-0.15, -0.1) is 0 Å². The van der Waals surface area contributed by atoms with Crippen LogP contribution >= 0.6 is 0 Å². The molecule has 0 aliphatic carbocycles. The fourth-order valence-corrected chi connectivity index (χ4v) is 2.42. The Hall–Kier alpha value is -2.62. The number of hydrogen-bond acceptors (Lipinski definition) is 4. The first kappa shape index (κ1) is 23.4. The van der Waals surface area contributed by atoms with E-state index < -0.39 is 0 Å². The predicted molar refractivity (Wildman–Crippen MR) is 105 cm³/mol. The molecular weight excluding hydrogens is 328 g/mol. The van der Waals surface area contributed by atoms with Gasteiger partial charge in [0.25, 0.3) is 0 Å². The van der Waals surface area contributed by atoms with Crippen LogP contribution in [0.2, 0.25) is 0 Å². The molecule has 0 amide bonds. The van der Waals surface area contributed by atoms with Crippen LogP contribution < -0.4 is 0 Å². The molecule has 0 spiro atoms. The second-order valence-electron chi connectivity index (χ2n) is 5.89. The van der Waals surface area contributed by atoms with Gasteiger partial charge >= 0.3 is 11.9 Å². The molecule has 26 heavy (non-hydrogen) atoms. The Morgan fingerprint density at radius 3 is 1.77 bits per heavy atom. The lowest BCUT2D eigenvalue weighted by Gasteiger charge is -2.18.